The number of thiazole rings is 1. The number of rotatable bonds is 5. The molecule has 1 amide bonds. The Hall–Kier alpha value is -3.38. The largest absolute Gasteiger partial charge is 0.493 e. The minimum Gasteiger partial charge on any atom is -0.493 e. The van der Waals surface area contributed by atoms with E-state index < -0.39 is 0 Å². The van der Waals surface area contributed by atoms with Crippen LogP contribution in [0, 0.1) is 0 Å². The summed E-state index contributed by atoms with van der Waals surface area (Å²) in [6, 6.07) is 20.9. The second kappa shape index (κ2) is 7.70. The summed E-state index contributed by atoms with van der Waals surface area (Å²) in [4.78, 5) is 17.5. The van der Waals surface area contributed by atoms with E-state index in [1.54, 1.807) is 36.6 Å². The van der Waals surface area contributed by atoms with Gasteiger partial charge in [0, 0.05) is 11.3 Å². The summed E-state index contributed by atoms with van der Waals surface area (Å²) in [6.45, 7) is 0. The van der Waals surface area contributed by atoms with E-state index in [4.69, 9.17) is 9.47 Å². The first-order valence-corrected chi connectivity index (χ1v) is 9.49. The number of carbonyl (C=O) groups excluding carboxylic acids is 1. The van der Waals surface area contributed by atoms with Crippen molar-refractivity contribution in [3.8, 4) is 22.1 Å². The molecule has 0 aliphatic carbocycles. The molecule has 0 radical (unpaired) electrons. The summed E-state index contributed by atoms with van der Waals surface area (Å²) in [6.07, 6.45) is 0. The Morgan fingerprint density at radius 3 is 2.57 bits per heavy atom. The van der Waals surface area contributed by atoms with Crippen LogP contribution in [0.4, 0.5) is 5.69 Å². The van der Waals surface area contributed by atoms with Crippen molar-refractivity contribution in [2.24, 2.45) is 0 Å². The van der Waals surface area contributed by atoms with Gasteiger partial charge in [-0.3, -0.25) is 4.79 Å². The lowest BCUT2D eigenvalue weighted by molar-refractivity contribution is 0.102. The fourth-order valence-electron chi connectivity index (χ4n) is 2.99. The number of aromatic nitrogens is 1. The molecule has 0 aliphatic heterocycles. The van der Waals surface area contributed by atoms with Gasteiger partial charge in [0.1, 0.15) is 5.01 Å². The third kappa shape index (κ3) is 3.42. The van der Waals surface area contributed by atoms with Gasteiger partial charge in [-0.15, -0.1) is 11.3 Å². The van der Waals surface area contributed by atoms with Gasteiger partial charge < -0.3 is 14.8 Å². The van der Waals surface area contributed by atoms with Crippen LogP contribution < -0.4 is 14.8 Å². The first kappa shape index (κ1) is 18.0. The van der Waals surface area contributed by atoms with Crippen LogP contribution in [-0.2, 0) is 0 Å². The number of benzene rings is 3. The summed E-state index contributed by atoms with van der Waals surface area (Å²) in [5, 5.41) is 3.84. The Morgan fingerprint density at radius 1 is 0.964 bits per heavy atom. The van der Waals surface area contributed by atoms with Crippen LogP contribution in [0.5, 0.6) is 11.5 Å². The van der Waals surface area contributed by atoms with Crippen molar-refractivity contribution in [3.05, 3.63) is 72.3 Å². The first-order chi connectivity index (χ1) is 13.7. The monoisotopic (exact) mass is 390 g/mol. The van der Waals surface area contributed by atoms with E-state index in [-0.39, 0.29) is 5.91 Å². The number of nitrogens with zero attached hydrogens (tertiary/aromatic N) is 1. The molecule has 3 aromatic carbocycles. The van der Waals surface area contributed by atoms with Gasteiger partial charge in [0.05, 0.1) is 30.0 Å². The molecule has 0 fully saturated rings. The maximum absolute atomic E-state index is 12.8. The molecule has 6 heteroatoms. The fourth-order valence-corrected chi connectivity index (χ4v) is 3.95. The Balaban J connectivity index is 1.63. The van der Waals surface area contributed by atoms with Gasteiger partial charge in [-0.1, -0.05) is 30.3 Å². The molecule has 1 aromatic heterocycles. The maximum atomic E-state index is 12.8. The van der Waals surface area contributed by atoms with Gasteiger partial charge >= 0.3 is 0 Å². The smallest absolute Gasteiger partial charge is 0.259 e. The number of hydrogen-bond donors (Lipinski definition) is 1. The highest BCUT2D eigenvalue weighted by Gasteiger charge is 2.17. The van der Waals surface area contributed by atoms with Crippen LogP contribution in [0.25, 0.3) is 20.8 Å². The molecule has 140 valence electrons. The second-order valence-corrected chi connectivity index (χ2v) is 7.09. The highest BCUT2D eigenvalue weighted by molar-refractivity contribution is 7.21. The minimum atomic E-state index is -0.266. The van der Waals surface area contributed by atoms with E-state index in [1.165, 1.54) is 7.11 Å². The molecule has 1 heterocycles. The van der Waals surface area contributed by atoms with Crippen molar-refractivity contribution in [1.29, 1.82) is 0 Å². The summed E-state index contributed by atoms with van der Waals surface area (Å²) in [7, 11) is 3.06. The van der Waals surface area contributed by atoms with Crippen LogP contribution in [0.15, 0.2) is 66.7 Å². The van der Waals surface area contributed by atoms with Gasteiger partial charge in [0.25, 0.3) is 5.91 Å². The Kier molecular flexibility index (Phi) is 4.95. The number of anilines is 1. The zero-order chi connectivity index (χ0) is 19.5. The number of amides is 1. The Morgan fingerprint density at radius 2 is 1.79 bits per heavy atom. The van der Waals surface area contributed by atoms with E-state index in [0.717, 1.165) is 20.8 Å². The van der Waals surface area contributed by atoms with E-state index in [9.17, 15) is 4.79 Å². The number of para-hydroxylation sites is 2. The Labute approximate surface area is 166 Å². The second-order valence-electron chi connectivity index (χ2n) is 6.06. The molecule has 1 N–H and O–H groups in total. The van der Waals surface area contributed by atoms with Crippen LogP contribution in [0.3, 0.4) is 0 Å². The van der Waals surface area contributed by atoms with Crippen molar-refractivity contribution in [2.45, 2.75) is 0 Å². The molecule has 5 nitrogen and oxygen atoms in total. The molecular weight excluding hydrogens is 372 g/mol. The molecule has 0 bridgehead atoms. The molecule has 0 unspecified atom stereocenters. The van der Waals surface area contributed by atoms with E-state index >= 15 is 0 Å². The SMILES string of the molecule is COc1cccc(C(=O)Nc2cccc(-c3nc4ccccc4s3)c2)c1OC. The van der Waals surface area contributed by atoms with Crippen LogP contribution in [0.2, 0.25) is 0 Å². The molecular formula is C22H18N2O3S. The molecule has 4 aromatic rings. The van der Waals surface area contributed by atoms with Crippen molar-refractivity contribution in [1.82, 2.24) is 4.98 Å². The summed E-state index contributed by atoms with van der Waals surface area (Å²) < 4.78 is 11.8. The predicted octanol–water partition coefficient (Wildman–Crippen LogP) is 5.23. The third-order valence-corrected chi connectivity index (χ3v) is 5.39. The summed E-state index contributed by atoms with van der Waals surface area (Å²) in [5.74, 6) is 0.653. The van der Waals surface area contributed by atoms with Crippen LogP contribution in [-0.4, -0.2) is 25.1 Å². The molecule has 0 spiro atoms. The lowest BCUT2D eigenvalue weighted by Gasteiger charge is -2.13. The number of ether oxygens (including phenoxy) is 2. The van der Waals surface area contributed by atoms with Crippen molar-refractivity contribution in [2.75, 3.05) is 19.5 Å². The van der Waals surface area contributed by atoms with Gasteiger partial charge in [-0.2, -0.15) is 0 Å². The zero-order valence-electron chi connectivity index (χ0n) is 15.4. The van der Waals surface area contributed by atoms with Crippen LogP contribution >= 0.6 is 11.3 Å². The number of carbonyl (C=O) groups is 1. The van der Waals surface area contributed by atoms with E-state index in [2.05, 4.69) is 16.4 Å². The van der Waals surface area contributed by atoms with Crippen molar-refractivity contribution in [3.63, 3.8) is 0 Å². The fraction of sp³-hybridized carbons (Fsp3) is 0.0909. The minimum absolute atomic E-state index is 0.266. The maximum Gasteiger partial charge on any atom is 0.259 e. The number of methoxy groups -OCH3 is 2. The zero-order valence-corrected chi connectivity index (χ0v) is 16.2. The van der Waals surface area contributed by atoms with Gasteiger partial charge in [0.2, 0.25) is 0 Å². The molecule has 0 atom stereocenters. The molecule has 4 rings (SSSR count). The topological polar surface area (TPSA) is 60.5 Å². The summed E-state index contributed by atoms with van der Waals surface area (Å²) in [5.41, 5.74) is 3.02. The average Bonchev–Trinajstić information content (AvgIpc) is 3.17. The third-order valence-electron chi connectivity index (χ3n) is 4.31. The quantitative estimate of drug-likeness (QED) is 0.507. The van der Waals surface area contributed by atoms with Gasteiger partial charge in [-0.25, -0.2) is 4.98 Å². The molecule has 0 aliphatic rings. The summed E-state index contributed by atoms with van der Waals surface area (Å²) >= 11 is 1.62. The van der Waals surface area contributed by atoms with E-state index in [0.29, 0.717) is 22.7 Å². The first-order valence-electron chi connectivity index (χ1n) is 8.68. The van der Waals surface area contributed by atoms with Crippen molar-refractivity contribution < 1.29 is 14.3 Å². The van der Waals surface area contributed by atoms with Crippen LogP contribution in [0.1, 0.15) is 10.4 Å². The Bertz CT molecular complexity index is 1120. The molecule has 0 saturated carbocycles. The highest BCUT2D eigenvalue weighted by atomic mass is 32.1. The lowest BCUT2D eigenvalue weighted by atomic mass is 10.1. The molecule has 28 heavy (non-hydrogen) atoms. The van der Waals surface area contributed by atoms with E-state index in [1.807, 2.05) is 42.5 Å². The van der Waals surface area contributed by atoms with Gasteiger partial charge in [0.15, 0.2) is 11.5 Å². The highest BCUT2D eigenvalue weighted by Crippen LogP contribution is 2.33. The average molecular weight is 390 g/mol. The predicted molar refractivity (Wildman–Crippen MR) is 113 cm³/mol. The number of hydrogen-bond acceptors (Lipinski definition) is 5. The lowest BCUT2D eigenvalue weighted by Crippen LogP contribution is -2.13. The standard InChI is InChI=1S/C22H18N2O3S/c1-26-18-11-6-9-16(20(18)27-2)21(25)23-15-8-5-7-14(13-15)22-24-17-10-3-4-12-19(17)28-22/h3-13H,1-2H3,(H,23,25). The molecule has 0 saturated heterocycles. The van der Waals surface area contributed by atoms with Gasteiger partial charge in [-0.05, 0) is 36.4 Å². The van der Waals surface area contributed by atoms with Crippen molar-refractivity contribution >= 4 is 33.1 Å². The number of fused-ring (bicyclic) bond motifs is 1. The number of nitrogens with one attached hydrogen (secondary N) is 1. The normalized spacial score (nSPS) is 10.6.